The fraction of sp³-hybridized carbons (Fsp3) is 0.438. The van der Waals surface area contributed by atoms with Crippen LogP contribution < -0.4 is 11.1 Å². The summed E-state index contributed by atoms with van der Waals surface area (Å²) in [6, 6.07) is 6.66. The maximum atomic E-state index is 12.4. The van der Waals surface area contributed by atoms with Crippen LogP contribution in [0.25, 0.3) is 11.5 Å². The molecule has 0 saturated carbocycles. The minimum atomic E-state index is -0.907. The topological polar surface area (TPSA) is 103 Å². The molecule has 24 heavy (non-hydrogen) atoms. The van der Waals surface area contributed by atoms with Gasteiger partial charge in [-0.1, -0.05) is 16.8 Å². The number of hydrogen-bond donors (Lipinski definition) is 2. The summed E-state index contributed by atoms with van der Waals surface area (Å²) in [4.78, 5) is 16.8. The molecule has 0 bridgehead atoms. The fourth-order valence-corrected chi connectivity index (χ4v) is 2.61. The normalized spacial score (nSPS) is 18.1. The average molecular weight is 351 g/mol. The second-order valence-electron chi connectivity index (χ2n) is 5.93. The van der Waals surface area contributed by atoms with Gasteiger partial charge in [-0.25, -0.2) is 0 Å². The van der Waals surface area contributed by atoms with Crippen molar-refractivity contribution in [1.29, 1.82) is 0 Å². The first-order valence-electron chi connectivity index (χ1n) is 7.75. The summed E-state index contributed by atoms with van der Waals surface area (Å²) in [5.74, 6) is 0.538. The number of nitrogens with one attached hydrogen (secondary N) is 1. The molecule has 1 atom stereocenters. The van der Waals surface area contributed by atoms with Crippen molar-refractivity contribution in [2.75, 3.05) is 13.2 Å². The molecule has 1 aromatic heterocycles. The molecule has 1 aliphatic heterocycles. The van der Waals surface area contributed by atoms with E-state index in [1.807, 2.05) is 0 Å². The number of amides is 1. The first kappa shape index (κ1) is 16.9. The van der Waals surface area contributed by atoms with Crippen LogP contribution in [-0.2, 0) is 9.53 Å². The Hall–Kier alpha value is -1.96. The van der Waals surface area contributed by atoms with Gasteiger partial charge in [0.05, 0.1) is 11.6 Å². The number of halogens is 1. The maximum absolute atomic E-state index is 12.4. The SMILES string of the molecule is CC(NC(=O)C1(N)CCOCC1)c1noc(-c2ccc(Cl)cc2)n1. The first-order valence-corrected chi connectivity index (χ1v) is 8.13. The first-order chi connectivity index (χ1) is 11.5. The zero-order chi connectivity index (χ0) is 17.2. The smallest absolute Gasteiger partial charge is 0.257 e. The van der Waals surface area contributed by atoms with Gasteiger partial charge in [-0.2, -0.15) is 4.98 Å². The number of nitrogens with two attached hydrogens (primary N) is 1. The maximum Gasteiger partial charge on any atom is 0.257 e. The van der Waals surface area contributed by atoms with Crippen molar-refractivity contribution >= 4 is 17.5 Å². The molecule has 0 radical (unpaired) electrons. The lowest BCUT2D eigenvalue weighted by atomic mass is 9.90. The molecule has 2 heterocycles. The van der Waals surface area contributed by atoms with Crippen molar-refractivity contribution in [2.24, 2.45) is 5.73 Å². The Bertz CT molecular complexity index is 710. The van der Waals surface area contributed by atoms with Gasteiger partial charge in [-0.05, 0) is 44.0 Å². The van der Waals surface area contributed by atoms with E-state index < -0.39 is 11.6 Å². The van der Waals surface area contributed by atoms with Crippen molar-refractivity contribution in [1.82, 2.24) is 15.5 Å². The predicted molar refractivity (Wildman–Crippen MR) is 88.3 cm³/mol. The van der Waals surface area contributed by atoms with Crippen LogP contribution in [0.4, 0.5) is 0 Å². The lowest BCUT2D eigenvalue weighted by Gasteiger charge is -2.32. The second-order valence-corrected chi connectivity index (χ2v) is 6.36. The van der Waals surface area contributed by atoms with Crippen LogP contribution in [0.5, 0.6) is 0 Å². The van der Waals surface area contributed by atoms with Gasteiger partial charge in [0.15, 0.2) is 5.82 Å². The fourth-order valence-electron chi connectivity index (χ4n) is 2.49. The highest BCUT2D eigenvalue weighted by molar-refractivity contribution is 6.30. The number of ether oxygens (including phenoxy) is 1. The van der Waals surface area contributed by atoms with Crippen LogP contribution >= 0.6 is 11.6 Å². The Morgan fingerprint density at radius 1 is 1.33 bits per heavy atom. The van der Waals surface area contributed by atoms with E-state index in [4.69, 9.17) is 26.6 Å². The van der Waals surface area contributed by atoms with E-state index in [9.17, 15) is 4.79 Å². The molecule has 1 unspecified atom stereocenters. The van der Waals surface area contributed by atoms with Gasteiger partial charge in [-0.3, -0.25) is 4.79 Å². The zero-order valence-corrected chi connectivity index (χ0v) is 14.0. The minimum Gasteiger partial charge on any atom is -0.381 e. The van der Waals surface area contributed by atoms with E-state index in [1.165, 1.54) is 0 Å². The highest BCUT2D eigenvalue weighted by Crippen LogP contribution is 2.23. The quantitative estimate of drug-likeness (QED) is 0.875. The van der Waals surface area contributed by atoms with Crippen LogP contribution in [-0.4, -0.2) is 34.8 Å². The Morgan fingerprint density at radius 2 is 2.00 bits per heavy atom. The minimum absolute atomic E-state index is 0.226. The van der Waals surface area contributed by atoms with Crippen molar-refractivity contribution < 1.29 is 14.1 Å². The number of carbonyl (C=O) groups is 1. The summed E-state index contributed by atoms with van der Waals surface area (Å²) >= 11 is 5.86. The Labute approximate surface area is 144 Å². The molecule has 2 aromatic rings. The molecular weight excluding hydrogens is 332 g/mol. The molecular formula is C16H19ClN4O3. The molecule has 8 heteroatoms. The van der Waals surface area contributed by atoms with Gasteiger partial charge >= 0.3 is 0 Å². The van der Waals surface area contributed by atoms with Crippen LogP contribution in [0.2, 0.25) is 5.02 Å². The van der Waals surface area contributed by atoms with E-state index in [0.717, 1.165) is 5.56 Å². The summed E-state index contributed by atoms with van der Waals surface area (Å²) in [5, 5.41) is 7.42. The highest BCUT2D eigenvalue weighted by atomic mass is 35.5. The molecule has 1 saturated heterocycles. The van der Waals surface area contributed by atoms with Crippen LogP contribution in [0, 0.1) is 0 Å². The van der Waals surface area contributed by atoms with Gasteiger partial charge in [0.25, 0.3) is 5.89 Å². The Kier molecular flexibility index (Phi) is 4.84. The summed E-state index contributed by atoms with van der Waals surface area (Å²) in [7, 11) is 0. The predicted octanol–water partition coefficient (Wildman–Crippen LogP) is 2.08. The van der Waals surface area contributed by atoms with Crippen LogP contribution in [0.15, 0.2) is 28.8 Å². The van der Waals surface area contributed by atoms with E-state index in [0.29, 0.717) is 42.8 Å². The van der Waals surface area contributed by atoms with Gasteiger partial charge in [0, 0.05) is 23.8 Å². The van der Waals surface area contributed by atoms with Gasteiger partial charge in [0.1, 0.15) is 0 Å². The van der Waals surface area contributed by atoms with Gasteiger partial charge in [-0.15, -0.1) is 0 Å². The molecule has 0 spiro atoms. The molecule has 1 fully saturated rings. The van der Waals surface area contributed by atoms with Crippen molar-refractivity contribution in [3.05, 3.63) is 35.1 Å². The number of nitrogens with zero attached hydrogens (tertiary/aromatic N) is 2. The molecule has 3 N–H and O–H groups in total. The zero-order valence-electron chi connectivity index (χ0n) is 13.3. The van der Waals surface area contributed by atoms with Gasteiger partial charge in [0.2, 0.25) is 5.91 Å². The highest BCUT2D eigenvalue weighted by Gasteiger charge is 2.37. The molecule has 1 aromatic carbocycles. The van der Waals surface area contributed by atoms with Crippen molar-refractivity contribution in [2.45, 2.75) is 31.3 Å². The Morgan fingerprint density at radius 3 is 2.67 bits per heavy atom. The lowest BCUT2D eigenvalue weighted by molar-refractivity contribution is -0.130. The van der Waals surface area contributed by atoms with E-state index in [1.54, 1.807) is 31.2 Å². The molecule has 1 amide bonds. The van der Waals surface area contributed by atoms with E-state index in [2.05, 4.69) is 15.5 Å². The summed E-state index contributed by atoms with van der Waals surface area (Å²) in [6.45, 7) is 2.76. The molecule has 0 aliphatic carbocycles. The van der Waals surface area contributed by atoms with Crippen LogP contribution in [0.1, 0.15) is 31.6 Å². The molecule has 128 valence electrons. The Balaban J connectivity index is 1.68. The summed E-state index contributed by atoms with van der Waals surface area (Å²) in [6.07, 6.45) is 0.988. The van der Waals surface area contributed by atoms with E-state index in [-0.39, 0.29) is 5.91 Å². The number of benzene rings is 1. The monoisotopic (exact) mass is 350 g/mol. The van der Waals surface area contributed by atoms with Gasteiger partial charge < -0.3 is 20.3 Å². The number of aromatic nitrogens is 2. The largest absolute Gasteiger partial charge is 0.381 e. The summed E-state index contributed by atoms with van der Waals surface area (Å²) < 4.78 is 10.5. The number of rotatable bonds is 4. The van der Waals surface area contributed by atoms with E-state index >= 15 is 0 Å². The molecule has 1 aliphatic rings. The average Bonchev–Trinajstić information content (AvgIpc) is 3.06. The number of hydrogen-bond acceptors (Lipinski definition) is 6. The molecule has 3 rings (SSSR count). The van der Waals surface area contributed by atoms with Crippen molar-refractivity contribution in [3.63, 3.8) is 0 Å². The third-order valence-corrected chi connectivity index (χ3v) is 4.36. The van der Waals surface area contributed by atoms with Crippen LogP contribution in [0.3, 0.4) is 0 Å². The third kappa shape index (κ3) is 3.58. The standard InChI is InChI=1S/C16H19ClN4O3/c1-10(19-15(22)16(18)6-8-23-9-7-16)13-20-14(24-21-13)11-2-4-12(17)5-3-11/h2-5,10H,6-9,18H2,1H3,(H,19,22). The molecule has 7 nitrogen and oxygen atoms in total. The second kappa shape index (κ2) is 6.88. The number of carbonyl (C=O) groups excluding carboxylic acids is 1. The lowest BCUT2D eigenvalue weighted by Crippen LogP contribution is -2.57. The summed E-state index contributed by atoms with van der Waals surface area (Å²) in [5.41, 5.74) is 6.02. The van der Waals surface area contributed by atoms with Crippen molar-refractivity contribution in [3.8, 4) is 11.5 Å². The third-order valence-electron chi connectivity index (χ3n) is 4.11.